The fraction of sp³-hybridized carbons (Fsp3) is 0.429. The van der Waals surface area contributed by atoms with Gasteiger partial charge in [-0.15, -0.1) is 11.6 Å². The quantitative estimate of drug-likeness (QED) is 0.607. The average Bonchev–Trinajstić information content (AvgIpc) is 2.38. The predicted molar refractivity (Wildman–Crippen MR) is 70.4 cm³/mol. The molecule has 1 rings (SSSR count). The van der Waals surface area contributed by atoms with Crippen molar-refractivity contribution in [1.29, 1.82) is 5.26 Å². The van der Waals surface area contributed by atoms with Gasteiger partial charge in [0.15, 0.2) is 0 Å². The summed E-state index contributed by atoms with van der Waals surface area (Å²) in [7, 11) is 0. The van der Waals surface area contributed by atoms with E-state index in [1.807, 2.05) is 19.1 Å². The first kappa shape index (κ1) is 14.5. The molecule has 0 saturated heterocycles. The molecule has 0 N–H and O–H groups in total. The summed E-state index contributed by atoms with van der Waals surface area (Å²) in [6.07, 6.45) is 0.855. The van der Waals surface area contributed by atoms with Crippen molar-refractivity contribution in [2.75, 3.05) is 6.61 Å². The van der Waals surface area contributed by atoms with Gasteiger partial charge in [-0.25, -0.2) is 0 Å². The number of carbonyl (C=O) groups excluding carboxylic acids is 1. The summed E-state index contributed by atoms with van der Waals surface area (Å²) in [6.45, 7) is 4.07. The molecule has 3 nitrogen and oxygen atoms in total. The van der Waals surface area contributed by atoms with Crippen LogP contribution >= 0.6 is 11.6 Å². The van der Waals surface area contributed by atoms with Crippen LogP contribution in [0.25, 0.3) is 0 Å². The minimum absolute atomic E-state index is 0.104. The van der Waals surface area contributed by atoms with Gasteiger partial charge < -0.3 is 4.74 Å². The number of benzene rings is 1. The Bertz CT molecular complexity index is 477. The zero-order chi connectivity index (χ0) is 13.5. The molecule has 0 aliphatic rings. The summed E-state index contributed by atoms with van der Waals surface area (Å²) >= 11 is 5.86. The standard InChI is InChI=1S/C14H16ClNO2/c1-3-10-5-6-11(8-15)12(13(10)9-16)7-14(17)18-4-2/h5-6H,3-4,7-8H2,1-2H3. The lowest BCUT2D eigenvalue weighted by atomic mass is 9.94. The number of halogens is 1. The van der Waals surface area contributed by atoms with Gasteiger partial charge in [-0.05, 0) is 30.0 Å². The number of hydrogen-bond donors (Lipinski definition) is 0. The molecule has 0 radical (unpaired) electrons. The molecule has 0 amide bonds. The van der Waals surface area contributed by atoms with E-state index in [0.29, 0.717) is 17.7 Å². The van der Waals surface area contributed by atoms with E-state index in [1.54, 1.807) is 6.92 Å². The molecule has 0 aliphatic carbocycles. The molecular weight excluding hydrogens is 250 g/mol. The first-order chi connectivity index (χ1) is 8.67. The van der Waals surface area contributed by atoms with Gasteiger partial charge in [0, 0.05) is 5.88 Å². The first-order valence-corrected chi connectivity index (χ1v) is 6.46. The molecule has 0 saturated carbocycles. The van der Waals surface area contributed by atoms with Crippen molar-refractivity contribution in [2.45, 2.75) is 32.6 Å². The Labute approximate surface area is 112 Å². The van der Waals surface area contributed by atoms with Crippen LogP contribution in [0.3, 0.4) is 0 Å². The number of hydrogen-bond acceptors (Lipinski definition) is 3. The number of aryl methyl sites for hydroxylation is 1. The monoisotopic (exact) mass is 265 g/mol. The maximum atomic E-state index is 11.6. The first-order valence-electron chi connectivity index (χ1n) is 5.93. The second-order valence-electron chi connectivity index (χ2n) is 3.82. The van der Waals surface area contributed by atoms with Crippen LogP contribution < -0.4 is 0 Å². The zero-order valence-corrected chi connectivity index (χ0v) is 11.4. The number of alkyl halides is 1. The Morgan fingerprint density at radius 2 is 2.06 bits per heavy atom. The highest BCUT2D eigenvalue weighted by Crippen LogP contribution is 2.22. The molecule has 0 unspecified atom stereocenters. The minimum Gasteiger partial charge on any atom is -0.466 e. The van der Waals surface area contributed by atoms with Gasteiger partial charge in [0.05, 0.1) is 24.7 Å². The number of carbonyl (C=O) groups is 1. The van der Waals surface area contributed by atoms with Crippen molar-refractivity contribution >= 4 is 17.6 Å². The SMILES string of the molecule is CCOC(=O)Cc1c(CCl)ccc(CC)c1C#N. The second-order valence-corrected chi connectivity index (χ2v) is 4.09. The van der Waals surface area contributed by atoms with Crippen LogP contribution in [0.4, 0.5) is 0 Å². The van der Waals surface area contributed by atoms with Gasteiger partial charge in [0.2, 0.25) is 0 Å². The molecule has 0 spiro atoms. The molecule has 0 atom stereocenters. The summed E-state index contributed by atoms with van der Waals surface area (Å²) in [5.41, 5.74) is 3.01. The van der Waals surface area contributed by atoms with E-state index in [1.165, 1.54) is 0 Å². The predicted octanol–water partition coefficient (Wildman–Crippen LogP) is 2.97. The highest BCUT2D eigenvalue weighted by Gasteiger charge is 2.15. The molecule has 1 aromatic carbocycles. The van der Waals surface area contributed by atoms with Crippen molar-refractivity contribution in [2.24, 2.45) is 0 Å². The van der Waals surface area contributed by atoms with Crippen LogP contribution in [0.2, 0.25) is 0 Å². The van der Waals surface area contributed by atoms with Crippen LogP contribution in [0.15, 0.2) is 12.1 Å². The average molecular weight is 266 g/mol. The van der Waals surface area contributed by atoms with Gasteiger partial charge in [-0.3, -0.25) is 4.79 Å². The van der Waals surface area contributed by atoms with E-state index in [2.05, 4.69) is 6.07 Å². The third-order valence-corrected chi connectivity index (χ3v) is 3.05. The van der Waals surface area contributed by atoms with Crippen molar-refractivity contribution < 1.29 is 9.53 Å². The number of rotatable bonds is 5. The summed E-state index contributed by atoms with van der Waals surface area (Å²) in [5, 5.41) is 9.25. The topological polar surface area (TPSA) is 50.1 Å². The Kier molecular flexibility index (Phi) is 5.67. The second kappa shape index (κ2) is 7.03. The summed E-state index contributed by atoms with van der Waals surface area (Å²) in [4.78, 5) is 11.6. The zero-order valence-electron chi connectivity index (χ0n) is 10.6. The Morgan fingerprint density at radius 3 is 2.56 bits per heavy atom. The summed E-state index contributed by atoms with van der Waals surface area (Å²) in [6, 6.07) is 5.94. The summed E-state index contributed by atoms with van der Waals surface area (Å²) < 4.78 is 4.93. The smallest absolute Gasteiger partial charge is 0.310 e. The third kappa shape index (κ3) is 3.24. The van der Waals surface area contributed by atoms with Crippen molar-refractivity contribution in [3.63, 3.8) is 0 Å². The molecule has 4 heteroatoms. The van der Waals surface area contributed by atoms with Crippen molar-refractivity contribution in [3.8, 4) is 6.07 Å². The molecule has 0 aliphatic heterocycles. The molecule has 18 heavy (non-hydrogen) atoms. The van der Waals surface area contributed by atoms with E-state index in [0.717, 1.165) is 17.5 Å². The molecule has 0 bridgehead atoms. The lowest BCUT2D eigenvalue weighted by Gasteiger charge is -2.12. The van der Waals surface area contributed by atoms with E-state index in [-0.39, 0.29) is 18.3 Å². The van der Waals surface area contributed by atoms with Gasteiger partial charge in [0.1, 0.15) is 0 Å². The maximum Gasteiger partial charge on any atom is 0.310 e. The highest BCUT2D eigenvalue weighted by molar-refractivity contribution is 6.17. The molecule has 0 heterocycles. The van der Waals surface area contributed by atoms with E-state index in [9.17, 15) is 10.1 Å². The highest BCUT2D eigenvalue weighted by atomic mass is 35.5. The number of nitrogens with zero attached hydrogens (tertiary/aromatic N) is 1. The van der Waals surface area contributed by atoms with Gasteiger partial charge >= 0.3 is 5.97 Å². The molecule has 1 aromatic rings. The largest absolute Gasteiger partial charge is 0.466 e. The van der Waals surface area contributed by atoms with Crippen molar-refractivity contribution in [3.05, 3.63) is 34.4 Å². The molecule has 0 aromatic heterocycles. The number of esters is 1. The summed E-state index contributed by atoms with van der Waals surface area (Å²) in [5.74, 6) is -0.0402. The number of nitriles is 1. The third-order valence-electron chi connectivity index (χ3n) is 2.76. The van der Waals surface area contributed by atoms with Crippen LogP contribution in [0, 0.1) is 11.3 Å². The molecular formula is C14H16ClNO2. The Hall–Kier alpha value is -1.53. The van der Waals surface area contributed by atoms with E-state index >= 15 is 0 Å². The van der Waals surface area contributed by atoms with Crippen LogP contribution in [-0.4, -0.2) is 12.6 Å². The van der Waals surface area contributed by atoms with Crippen LogP contribution in [-0.2, 0) is 28.3 Å². The van der Waals surface area contributed by atoms with Crippen LogP contribution in [0.5, 0.6) is 0 Å². The van der Waals surface area contributed by atoms with Crippen LogP contribution in [0.1, 0.15) is 36.1 Å². The lowest BCUT2D eigenvalue weighted by molar-refractivity contribution is -0.142. The van der Waals surface area contributed by atoms with Gasteiger partial charge in [0.25, 0.3) is 0 Å². The lowest BCUT2D eigenvalue weighted by Crippen LogP contribution is -2.11. The number of ether oxygens (including phenoxy) is 1. The minimum atomic E-state index is -0.325. The van der Waals surface area contributed by atoms with Crippen molar-refractivity contribution in [1.82, 2.24) is 0 Å². The fourth-order valence-electron chi connectivity index (χ4n) is 1.86. The van der Waals surface area contributed by atoms with Gasteiger partial charge in [-0.2, -0.15) is 5.26 Å². The molecule has 0 fully saturated rings. The van der Waals surface area contributed by atoms with E-state index in [4.69, 9.17) is 16.3 Å². The fourth-order valence-corrected chi connectivity index (χ4v) is 2.11. The Morgan fingerprint density at radius 1 is 1.39 bits per heavy atom. The maximum absolute atomic E-state index is 11.6. The molecule has 96 valence electrons. The van der Waals surface area contributed by atoms with Gasteiger partial charge in [-0.1, -0.05) is 19.1 Å². The van der Waals surface area contributed by atoms with E-state index < -0.39 is 0 Å². The Balaban J connectivity index is 3.20. The normalized spacial score (nSPS) is 9.89.